The molecule has 2 aliphatic rings. The molecule has 0 bridgehead atoms. The fraction of sp³-hybridized carbons (Fsp3) is 0.455. The first-order valence-corrected chi connectivity index (χ1v) is 5.85. The summed E-state index contributed by atoms with van der Waals surface area (Å²) in [6.45, 7) is 2.22. The third-order valence-electron chi connectivity index (χ3n) is 3.26. The lowest BCUT2D eigenvalue weighted by molar-refractivity contribution is 0.582. The van der Waals surface area contributed by atoms with Crippen molar-refractivity contribution in [3.05, 3.63) is 22.7 Å². The minimum atomic E-state index is 0.540. The third kappa shape index (κ3) is 1.31. The number of hydrogen-bond acceptors (Lipinski definition) is 2. The van der Waals surface area contributed by atoms with Crippen molar-refractivity contribution in [2.45, 2.75) is 12.8 Å². The molecule has 1 fully saturated rings. The maximum Gasteiger partial charge on any atom is 0.0720 e. The van der Waals surface area contributed by atoms with E-state index in [-0.39, 0.29) is 0 Å². The van der Waals surface area contributed by atoms with Crippen LogP contribution < -0.4 is 10.6 Å². The molecule has 0 amide bonds. The number of fused-ring (bicyclic) bond motifs is 1. The second kappa shape index (κ2) is 2.89. The Morgan fingerprint density at radius 3 is 2.71 bits per heavy atom. The topological polar surface area (TPSA) is 24.1 Å². The predicted octanol–water partition coefficient (Wildman–Crippen LogP) is 3.07. The highest BCUT2D eigenvalue weighted by Crippen LogP contribution is 2.48. The minimum Gasteiger partial charge on any atom is -0.383 e. The van der Waals surface area contributed by atoms with E-state index in [0.717, 1.165) is 17.6 Å². The Hall–Kier alpha value is -0.700. The monoisotopic (exact) mass is 252 g/mol. The molecule has 1 saturated carbocycles. The second-order valence-electron chi connectivity index (χ2n) is 4.37. The van der Waals surface area contributed by atoms with Crippen molar-refractivity contribution in [2.24, 2.45) is 5.41 Å². The van der Waals surface area contributed by atoms with Crippen molar-refractivity contribution < 1.29 is 0 Å². The normalized spacial score (nSPS) is 21.8. The molecular weight excluding hydrogens is 240 g/mol. The van der Waals surface area contributed by atoms with Gasteiger partial charge in [0.25, 0.3) is 0 Å². The third-order valence-corrected chi connectivity index (χ3v) is 3.93. The molecule has 74 valence electrons. The summed E-state index contributed by atoms with van der Waals surface area (Å²) in [4.78, 5) is 0. The molecule has 14 heavy (non-hydrogen) atoms. The Balaban J connectivity index is 1.96. The Labute approximate surface area is 92.2 Å². The average Bonchev–Trinajstić information content (AvgIpc) is 2.96. The molecule has 0 unspecified atom stereocenters. The Kier molecular flexibility index (Phi) is 1.78. The number of benzene rings is 1. The van der Waals surface area contributed by atoms with E-state index in [4.69, 9.17) is 0 Å². The van der Waals surface area contributed by atoms with Gasteiger partial charge in [0.2, 0.25) is 0 Å². The van der Waals surface area contributed by atoms with Crippen molar-refractivity contribution in [3.8, 4) is 0 Å². The summed E-state index contributed by atoms with van der Waals surface area (Å²) in [5, 5.41) is 7.06. The summed E-state index contributed by atoms with van der Waals surface area (Å²) in [6, 6.07) is 6.29. The van der Waals surface area contributed by atoms with Gasteiger partial charge in [-0.05, 0) is 40.9 Å². The van der Waals surface area contributed by atoms with Crippen molar-refractivity contribution in [1.82, 2.24) is 0 Å². The van der Waals surface area contributed by atoms with Gasteiger partial charge >= 0.3 is 0 Å². The zero-order valence-corrected chi connectivity index (χ0v) is 9.52. The van der Waals surface area contributed by atoms with Gasteiger partial charge in [0.15, 0.2) is 0 Å². The predicted molar refractivity (Wildman–Crippen MR) is 62.8 cm³/mol. The van der Waals surface area contributed by atoms with Crippen LogP contribution in [0.5, 0.6) is 0 Å². The fourth-order valence-corrected chi connectivity index (χ4v) is 2.51. The fourth-order valence-electron chi connectivity index (χ4n) is 2.00. The highest BCUT2D eigenvalue weighted by Gasteiger charge is 2.43. The molecule has 0 aromatic heterocycles. The van der Waals surface area contributed by atoms with E-state index in [2.05, 4.69) is 44.8 Å². The average molecular weight is 253 g/mol. The van der Waals surface area contributed by atoms with Gasteiger partial charge in [-0.1, -0.05) is 6.07 Å². The van der Waals surface area contributed by atoms with Crippen LogP contribution in [0.2, 0.25) is 0 Å². The molecular formula is C11H13BrN2. The molecule has 1 aliphatic heterocycles. The van der Waals surface area contributed by atoms with Gasteiger partial charge in [-0.2, -0.15) is 0 Å². The summed E-state index contributed by atoms with van der Waals surface area (Å²) in [5.41, 5.74) is 2.98. The standard InChI is InChI=1S/C11H13BrN2/c12-8-2-1-3-9-10(8)14-7-11(4-5-11)6-13-9/h1-3,13-14H,4-7H2. The van der Waals surface area contributed by atoms with E-state index in [0.29, 0.717) is 5.41 Å². The molecule has 3 rings (SSSR count). The van der Waals surface area contributed by atoms with E-state index in [1.54, 1.807) is 0 Å². The first-order valence-electron chi connectivity index (χ1n) is 5.05. The van der Waals surface area contributed by atoms with Gasteiger partial charge in [0.05, 0.1) is 11.4 Å². The molecule has 1 aliphatic carbocycles. The van der Waals surface area contributed by atoms with Crippen LogP contribution in [0.3, 0.4) is 0 Å². The zero-order valence-electron chi connectivity index (χ0n) is 7.94. The van der Waals surface area contributed by atoms with Gasteiger partial charge in [0.1, 0.15) is 0 Å². The molecule has 1 aromatic carbocycles. The Morgan fingerprint density at radius 2 is 1.93 bits per heavy atom. The van der Waals surface area contributed by atoms with Gasteiger partial charge in [-0.15, -0.1) is 0 Å². The minimum absolute atomic E-state index is 0.540. The number of para-hydroxylation sites is 1. The van der Waals surface area contributed by atoms with Crippen LogP contribution in [0.15, 0.2) is 22.7 Å². The maximum absolute atomic E-state index is 3.57. The maximum atomic E-state index is 3.57. The lowest BCUT2D eigenvalue weighted by Crippen LogP contribution is -2.19. The summed E-state index contributed by atoms with van der Waals surface area (Å²) in [7, 11) is 0. The number of rotatable bonds is 0. The van der Waals surface area contributed by atoms with Gasteiger partial charge in [-0.3, -0.25) is 0 Å². The van der Waals surface area contributed by atoms with Crippen LogP contribution in [-0.4, -0.2) is 13.1 Å². The van der Waals surface area contributed by atoms with Crippen LogP contribution in [0.1, 0.15) is 12.8 Å². The Morgan fingerprint density at radius 1 is 1.14 bits per heavy atom. The van der Waals surface area contributed by atoms with E-state index >= 15 is 0 Å². The molecule has 2 nitrogen and oxygen atoms in total. The van der Waals surface area contributed by atoms with Crippen molar-refractivity contribution in [1.29, 1.82) is 0 Å². The van der Waals surface area contributed by atoms with Crippen molar-refractivity contribution >= 4 is 27.3 Å². The van der Waals surface area contributed by atoms with Crippen LogP contribution >= 0.6 is 15.9 Å². The summed E-state index contributed by atoms with van der Waals surface area (Å²) < 4.78 is 1.15. The summed E-state index contributed by atoms with van der Waals surface area (Å²) >= 11 is 3.57. The Bertz CT molecular complexity index is 372. The molecule has 2 N–H and O–H groups in total. The molecule has 0 atom stereocenters. The smallest absolute Gasteiger partial charge is 0.0720 e. The van der Waals surface area contributed by atoms with E-state index < -0.39 is 0 Å². The van der Waals surface area contributed by atoms with Crippen LogP contribution in [0.25, 0.3) is 0 Å². The lowest BCUT2D eigenvalue weighted by Gasteiger charge is -2.10. The summed E-state index contributed by atoms with van der Waals surface area (Å²) in [6.07, 6.45) is 2.72. The first kappa shape index (κ1) is 8.60. The summed E-state index contributed by atoms with van der Waals surface area (Å²) in [5.74, 6) is 0. The molecule has 0 radical (unpaired) electrons. The van der Waals surface area contributed by atoms with E-state index in [1.165, 1.54) is 24.2 Å². The van der Waals surface area contributed by atoms with Crippen LogP contribution in [0.4, 0.5) is 11.4 Å². The van der Waals surface area contributed by atoms with Gasteiger partial charge in [0, 0.05) is 23.0 Å². The van der Waals surface area contributed by atoms with E-state index in [1.807, 2.05) is 0 Å². The first-order chi connectivity index (χ1) is 6.79. The molecule has 1 heterocycles. The highest BCUT2D eigenvalue weighted by molar-refractivity contribution is 9.10. The molecule has 3 heteroatoms. The number of halogens is 1. The molecule has 0 saturated heterocycles. The lowest BCUT2D eigenvalue weighted by atomic mass is 10.1. The highest BCUT2D eigenvalue weighted by atomic mass is 79.9. The van der Waals surface area contributed by atoms with Crippen LogP contribution in [-0.2, 0) is 0 Å². The SMILES string of the molecule is Brc1cccc2c1NCC1(CC1)CN2. The van der Waals surface area contributed by atoms with Crippen molar-refractivity contribution in [3.63, 3.8) is 0 Å². The van der Waals surface area contributed by atoms with Crippen molar-refractivity contribution in [2.75, 3.05) is 23.7 Å². The second-order valence-corrected chi connectivity index (χ2v) is 5.22. The van der Waals surface area contributed by atoms with Gasteiger partial charge < -0.3 is 10.6 Å². The number of nitrogens with one attached hydrogen (secondary N) is 2. The van der Waals surface area contributed by atoms with Gasteiger partial charge in [-0.25, -0.2) is 0 Å². The zero-order chi connectivity index (χ0) is 9.60. The van der Waals surface area contributed by atoms with Crippen LogP contribution in [0, 0.1) is 5.41 Å². The number of anilines is 2. The van der Waals surface area contributed by atoms with E-state index in [9.17, 15) is 0 Å². The molecule has 1 aromatic rings. The number of hydrogen-bond donors (Lipinski definition) is 2. The largest absolute Gasteiger partial charge is 0.383 e. The quantitative estimate of drug-likeness (QED) is 0.742. The molecule has 1 spiro atoms.